The lowest BCUT2D eigenvalue weighted by molar-refractivity contribution is -0.274. The lowest BCUT2D eigenvalue weighted by Crippen LogP contribution is -2.41. The molecule has 1 aliphatic rings. The summed E-state index contributed by atoms with van der Waals surface area (Å²) < 4.78 is 40.0. The molecule has 0 aromatic heterocycles. The van der Waals surface area contributed by atoms with E-state index in [4.69, 9.17) is 11.5 Å². The zero-order valence-electron chi connectivity index (χ0n) is 12.4. The van der Waals surface area contributed by atoms with Crippen molar-refractivity contribution in [3.63, 3.8) is 0 Å². The summed E-state index contributed by atoms with van der Waals surface area (Å²) in [5.74, 6) is -0.0908. The molecule has 6 nitrogen and oxygen atoms in total. The van der Waals surface area contributed by atoms with E-state index in [0.717, 1.165) is 38.1 Å². The zero-order valence-corrected chi connectivity index (χ0v) is 12.4. The molecule has 0 spiro atoms. The lowest BCUT2D eigenvalue weighted by Gasteiger charge is -2.27. The molecule has 1 heterocycles. The average molecular weight is 329 g/mol. The summed E-state index contributed by atoms with van der Waals surface area (Å²) in [6.45, 7) is 1.65. The van der Waals surface area contributed by atoms with Gasteiger partial charge in [0.2, 0.25) is 5.96 Å². The highest BCUT2D eigenvalue weighted by Crippen LogP contribution is 2.24. The Bertz CT molecular complexity index is 577. The highest BCUT2D eigenvalue weighted by molar-refractivity contribution is 5.94. The highest BCUT2D eigenvalue weighted by atomic mass is 19.4. The van der Waals surface area contributed by atoms with Crippen LogP contribution in [0, 0.1) is 0 Å². The number of aliphatic imine (C=N–C) groups is 2. The first-order valence-corrected chi connectivity index (χ1v) is 7.12. The van der Waals surface area contributed by atoms with Crippen molar-refractivity contribution < 1.29 is 17.9 Å². The first kappa shape index (κ1) is 16.9. The van der Waals surface area contributed by atoms with Crippen LogP contribution in [0.2, 0.25) is 0 Å². The SMILES string of the molecule is NC(=Nc1ccc(OC(F)(F)F)cc1)N=C(N)N1CCCCC1. The second kappa shape index (κ2) is 7.21. The molecule has 9 heteroatoms. The van der Waals surface area contributed by atoms with Crippen LogP contribution in [0.15, 0.2) is 34.3 Å². The van der Waals surface area contributed by atoms with E-state index in [1.54, 1.807) is 0 Å². The van der Waals surface area contributed by atoms with Crippen LogP contribution in [0.4, 0.5) is 18.9 Å². The van der Waals surface area contributed by atoms with Gasteiger partial charge in [-0.25, -0.2) is 4.99 Å². The monoisotopic (exact) mass is 329 g/mol. The molecule has 1 saturated heterocycles. The first-order valence-electron chi connectivity index (χ1n) is 7.12. The van der Waals surface area contributed by atoms with Gasteiger partial charge in [-0.2, -0.15) is 4.99 Å². The van der Waals surface area contributed by atoms with E-state index in [2.05, 4.69) is 14.7 Å². The van der Waals surface area contributed by atoms with Crippen LogP contribution < -0.4 is 16.2 Å². The van der Waals surface area contributed by atoms with Gasteiger partial charge in [0.05, 0.1) is 5.69 Å². The summed E-state index contributed by atoms with van der Waals surface area (Å²) in [7, 11) is 0. The van der Waals surface area contributed by atoms with Gasteiger partial charge in [0.1, 0.15) is 5.75 Å². The maximum absolute atomic E-state index is 12.1. The standard InChI is InChI=1S/C14H18F3N5O/c15-14(16,17)23-11-6-4-10(5-7-11)20-12(18)21-13(19)22-8-2-1-3-9-22/h4-7H,1-3,8-9H2,(H4,18,19,20,21). The molecule has 0 bridgehead atoms. The second-order valence-corrected chi connectivity index (χ2v) is 5.03. The maximum atomic E-state index is 12.1. The third kappa shape index (κ3) is 5.68. The minimum absolute atomic E-state index is 0.0578. The fourth-order valence-electron chi connectivity index (χ4n) is 2.19. The van der Waals surface area contributed by atoms with Gasteiger partial charge in [0.15, 0.2) is 5.96 Å². The van der Waals surface area contributed by atoms with Crippen LogP contribution in [0.1, 0.15) is 19.3 Å². The summed E-state index contributed by atoms with van der Waals surface area (Å²) in [6.07, 6.45) is -1.46. The molecule has 0 saturated carbocycles. The Balaban J connectivity index is 2.02. The molecule has 1 aromatic carbocycles. The molecule has 1 aromatic rings. The number of nitrogens with zero attached hydrogens (tertiary/aromatic N) is 3. The zero-order chi connectivity index (χ0) is 16.9. The molecule has 1 fully saturated rings. The van der Waals surface area contributed by atoms with Crippen molar-refractivity contribution in [3.8, 4) is 5.75 Å². The van der Waals surface area contributed by atoms with E-state index in [-0.39, 0.29) is 11.7 Å². The molecule has 126 valence electrons. The molecule has 0 atom stereocenters. The van der Waals surface area contributed by atoms with Crippen molar-refractivity contribution in [1.82, 2.24) is 4.90 Å². The van der Waals surface area contributed by atoms with E-state index in [1.165, 1.54) is 18.6 Å². The molecule has 4 N–H and O–H groups in total. The summed E-state index contributed by atoms with van der Waals surface area (Å²) in [6, 6.07) is 5.00. The average Bonchev–Trinajstić information content (AvgIpc) is 2.48. The summed E-state index contributed by atoms with van der Waals surface area (Å²) in [4.78, 5) is 9.93. The van der Waals surface area contributed by atoms with Crippen molar-refractivity contribution in [2.24, 2.45) is 21.5 Å². The first-order chi connectivity index (χ1) is 10.8. The minimum atomic E-state index is -4.73. The van der Waals surface area contributed by atoms with Crippen molar-refractivity contribution >= 4 is 17.6 Å². The largest absolute Gasteiger partial charge is 0.573 e. The quantitative estimate of drug-likeness (QED) is 0.644. The normalized spacial score (nSPS) is 17.3. The molecule has 0 amide bonds. The van der Waals surface area contributed by atoms with Crippen LogP contribution >= 0.6 is 0 Å². The van der Waals surface area contributed by atoms with E-state index < -0.39 is 6.36 Å². The number of piperidine rings is 1. The highest BCUT2D eigenvalue weighted by Gasteiger charge is 2.30. The third-order valence-electron chi connectivity index (χ3n) is 3.22. The second-order valence-electron chi connectivity index (χ2n) is 5.03. The van der Waals surface area contributed by atoms with Crippen LogP contribution in [0.5, 0.6) is 5.75 Å². The van der Waals surface area contributed by atoms with Gasteiger partial charge in [0, 0.05) is 13.1 Å². The topological polar surface area (TPSA) is 89.2 Å². The van der Waals surface area contributed by atoms with E-state index in [9.17, 15) is 13.2 Å². The maximum Gasteiger partial charge on any atom is 0.573 e. The Morgan fingerprint density at radius 2 is 1.65 bits per heavy atom. The number of rotatable bonds is 2. The number of halogens is 3. The molecule has 0 unspecified atom stereocenters. The van der Waals surface area contributed by atoms with E-state index >= 15 is 0 Å². The molecule has 23 heavy (non-hydrogen) atoms. The molecule has 0 radical (unpaired) electrons. The van der Waals surface area contributed by atoms with Gasteiger partial charge in [-0.15, -0.1) is 13.2 Å². The fraction of sp³-hybridized carbons (Fsp3) is 0.429. The lowest BCUT2D eigenvalue weighted by atomic mass is 10.1. The molecular weight excluding hydrogens is 311 g/mol. The predicted molar refractivity (Wildman–Crippen MR) is 81.5 cm³/mol. The number of hydrogen-bond donors (Lipinski definition) is 2. The number of ether oxygens (including phenoxy) is 1. The Hall–Kier alpha value is -2.45. The molecule has 2 rings (SSSR count). The number of nitrogens with two attached hydrogens (primary N) is 2. The van der Waals surface area contributed by atoms with Crippen molar-refractivity contribution in [2.45, 2.75) is 25.6 Å². The Morgan fingerprint density at radius 1 is 1.04 bits per heavy atom. The molecular formula is C14H18F3N5O. The van der Waals surface area contributed by atoms with Gasteiger partial charge >= 0.3 is 6.36 Å². The summed E-state index contributed by atoms with van der Waals surface area (Å²) in [5, 5.41) is 0. The number of hydrogen-bond acceptors (Lipinski definition) is 2. The van der Waals surface area contributed by atoms with Crippen LogP contribution in [-0.4, -0.2) is 36.3 Å². The van der Waals surface area contributed by atoms with Gasteiger partial charge in [-0.1, -0.05) is 0 Å². The minimum Gasteiger partial charge on any atom is -0.406 e. The Kier molecular flexibility index (Phi) is 5.30. The van der Waals surface area contributed by atoms with Crippen LogP contribution in [0.25, 0.3) is 0 Å². The third-order valence-corrected chi connectivity index (χ3v) is 3.22. The van der Waals surface area contributed by atoms with Crippen molar-refractivity contribution in [3.05, 3.63) is 24.3 Å². The number of guanidine groups is 2. The molecule has 1 aliphatic heterocycles. The van der Waals surface area contributed by atoms with Gasteiger partial charge in [0.25, 0.3) is 0 Å². The van der Waals surface area contributed by atoms with Gasteiger partial charge in [-0.05, 0) is 43.5 Å². The predicted octanol–water partition coefficient (Wildman–Crippen LogP) is 2.33. The van der Waals surface area contributed by atoms with Crippen LogP contribution in [-0.2, 0) is 0 Å². The number of benzene rings is 1. The van der Waals surface area contributed by atoms with Gasteiger partial charge < -0.3 is 21.1 Å². The Morgan fingerprint density at radius 3 is 2.22 bits per heavy atom. The van der Waals surface area contributed by atoms with Crippen molar-refractivity contribution in [2.75, 3.05) is 13.1 Å². The smallest absolute Gasteiger partial charge is 0.406 e. The number of likely N-dealkylation sites (tertiary alicyclic amines) is 1. The fourth-order valence-corrected chi connectivity index (χ4v) is 2.19. The number of alkyl halides is 3. The summed E-state index contributed by atoms with van der Waals surface area (Å²) >= 11 is 0. The molecule has 0 aliphatic carbocycles. The summed E-state index contributed by atoms with van der Waals surface area (Å²) in [5.41, 5.74) is 11.9. The van der Waals surface area contributed by atoms with Crippen molar-refractivity contribution in [1.29, 1.82) is 0 Å². The van der Waals surface area contributed by atoms with E-state index in [1.807, 2.05) is 4.90 Å². The Labute approximate surface area is 131 Å². The van der Waals surface area contributed by atoms with Gasteiger partial charge in [-0.3, -0.25) is 0 Å². The van der Waals surface area contributed by atoms with Crippen LogP contribution in [0.3, 0.4) is 0 Å². The van der Waals surface area contributed by atoms with E-state index in [0.29, 0.717) is 11.6 Å².